The van der Waals surface area contributed by atoms with E-state index < -0.39 is 6.09 Å². The van der Waals surface area contributed by atoms with Gasteiger partial charge in [0, 0.05) is 38.2 Å². The first-order valence-electron chi connectivity index (χ1n) is 5.51. The molecule has 17 heavy (non-hydrogen) atoms. The van der Waals surface area contributed by atoms with Crippen LogP contribution in [0.4, 0.5) is 10.6 Å². The predicted molar refractivity (Wildman–Crippen MR) is 61.9 cm³/mol. The van der Waals surface area contributed by atoms with Crippen molar-refractivity contribution in [1.82, 2.24) is 9.88 Å². The van der Waals surface area contributed by atoms with Gasteiger partial charge in [0.2, 0.25) is 0 Å². The Balaban J connectivity index is 1.88. The maximum Gasteiger partial charge on any atom is 0.407 e. The number of aromatic nitrogens is 1. The van der Waals surface area contributed by atoms with Crippen LogP contribution in [0.15, 0.2) is 18.3 Å². The van der Waals surface area contributed by atoms with E-state index in [0.717, 1.165) is 0 Å². The normalized spacial score (nSPS) is 16.8. The number of hydrogen-bond donors (Lipinski definition) is 2. The highest BCUT2D eigenvalue weighted by molar-refractivity contribution is 5.65. The molecule has 3 N–H and O–H groups in total. The molecule has 6 nitrogen and oxygen atoms in total. The second-order valence-electron chi connectivity index (χ2n) is 4.00. The lowest BCUT2D eigenvalue weighted by atomic mass is 10.1. The number of carbonyl (C=O) groups is 1. The van der Waals surface area contributed by atoms with Crippen molar-refractivity contribution in [2.45, 2.75) is 18.9 Å². The first-order valence-corrected chi connectivity index (χ1v) is 5.51. The van der Waals surface area contributed by atoms with E-state index in [0.29, 0.717) is 37.5 Å². The van der Waals surface area contributed by atoms with Crippen molar-refractivity contribution in [2.75, 3.05) is 18.8 Å². The number of rotatable bonds is 2. The molecule has 0 aliphatic carbocycles. The van der Waals surface area contributed by atoms with Gasteiger partial charge in [-0.05, 0) is 6.07 Å². The average Bonchev–Trinajstić information content (AvgIpc) is 2.29. The number of nitrogens with zero attached hydrogens (tertiary/aromatic N) is 2. The maximum absolute atomic E-state index is 10.7. The number of piperidine rings is 1. The minimum absolute atomic E-state index is 0.0485. The largest absolute Gasteiger partial charge is 0.490 e. The molecule has 92 valence electrons. The fraction of sp³-hybridized carbons (Fsp3) is 0.455. The zero-order valence-corrected chi connectivity index (χ0v) is 9.37. The fourth-order valence-electron chi connectivity index (χ4n) is 1.86. The van der Waals surface area contributed by atoms with E-state index in [1.54, 1.807) is 18.3 Å². The van der Waals surface area contributed by atoms with Gasteiger partial charge < -0.3 is 20.5 Å². The van der Waals surface area contributed by atoms with Crippen LogP contribution in [0.5, 0.6) is 5.75 Å². The van der Waals surface area contributed by atoms with Crippen LogP contribution >= 0.6 is 0 Å². The molecule has 1 aromatic rings. The number of hydrogen-bond acceptors (Lipinski definition) is 4. The Labute approximate surface area is 99.0 Å². The van der Waals surface area contributed by atoms with Crippen LogP contribution in [0.25, 0.3) is 0 Å². The lowest BCUT2D eigenvalue weighted by Gasteiger charge is -2.30. The molecule has 2 rings (SSSR count). The van der Waals surface area contributed by atoms with Crippen LogP contribution in [0, 0.1) is 0 Å². The molecule has 0 spiro atoms. The topological polar surface area (TPSA) is 88.7 Å². The van der Waals surface area contributed by atoms with Crippen molar-refractivity contribution in [1.29, 1.82) is 0 Å². The number of nitrogens with two attached hydrogens (primary N) is 1. The second kappa shape index (κ2) is 4.90. The number of anilines is 1. The van der Waals surface area contributed by atoms with Gasteiger partial charge in [-0.1, -0.05) is 0 Å². The number of ether oxygens (including phenoxy) is 1. The molecule has 2 heterocycles. The van der Waals surface area contributed by atoms with Crippen LogP contribution in [0.3, 0.4) is 0 Å². The van der Waals surface area contributed by atoms with E-state index in [4.69, 9.17) is 15.6 Å². The third kappa shape index (κ3) is 2.99. The fourth-order valence-corrected chi connectivity index (χ4v) is 1.86. The maximum atomic E-state index is 10.7. The Kier molecular flexibility index (Phi) is 3.32. The highest BCUT2D eigenvalue weighted by atomic mass is 16.5. The minimum atomic E-state index is -0.864. The molecular formula is C11H15N3O3. The standard InChI is InChI=1S/C11H15N3O3/c12-10-7-9(1-4-13-10)17-8-2-5-14(6-3-8)11(15)16/h1,4,7-8H,2-3,5-6H2,(H2,12,13)(H,15,16). The summed E-state index contributed by atoms with van der Waals surface area (Å²) in [6.45, 7) is 1.03. The molecule has 0 atom stereocenters. The third-order valence-electron chi connectivity index (χ3n) is 2.77. The molecule has 0 bridgehead atoms. The van der Waals surface area contributed by atoms with Crippen molar-refractivity contribution in [3.05, 3.63) is 18.3 Å². The lowest BCUT2D eigenvalue weighted by Crippen LogP contribution is -2.41. The van der Waals surface area contributed by atoms with Gasteiger partial charge in [0.15, 0.2) is 0 Å². The van der Waals surface area contributed by atoms with Crippen molar-refractivity contribution >= 4 is 11.9 Å². The molecule has 0 unspecified atom stereocenters. The van der Waals surface area contributed by atoms with E-state index in [1.165, 1.54) is 4.90 Å². The Hall–Kier alpha value is -1.98. The smallest absolute Gasteiger partial charge is 0.407 e. The number of pyridine rings is 1. The Morgan fingerprint density at radius 2 is 2.24 bits per heavy atom. The summed E-state index contributed by atoms with van der Waals surface area (Å²) in [5.41, 5.74) is 5.55. The summed E-state index contributed by atoms with van der Waals surface area (Å²) in [6, 6.07) is 3.42. The van der Waals surface area contributed by atoms with Crippen LogP contribution in [-0.4, -0.2) is 40.3 Å². The average molecular weight is 237 g/mol. The van der Waals surface area contributed by atoms with E-state index in [-0.39, 0.29) is 6.10 Å². The van der Waals surface area contributed by atoms with Crippen LogP contribution < -0.4 is 10.5 Å². The monoisotopic (exact) mass is 237 g/mol. The highest BCUT2D eigenvalue weighted by Gasteiger charge is 2.23. The van der Waals surface area contributed by atoms with Crippen molar-refractivity contribution < 1.29 is 14.6 Å². The molecule has 1 amide bonds. The Morgan fingerprint density at radius 1 is 1.53 bits per heavy atom. The molecule has 0 saturated carbocycles. The number of carboxylic acid groups (broad SMARTS) is 1. The van der Waals surface area contributed by atoms with Crippen LogP contribution in [0.1, 0.15) is 12.8 Å². The van der Waals surface area contributed by atoms with Gasteiger partial charge in [0.25, 0.3) is 0 Å². The molecule has 1 fully saturated rings. The SMILES string of the molecule is Nc1cc(OC2CCN(C(=O)O)CC2)ccn1. The summed E-state index contributed by atoms with van der Waals surface area (Å²) in [4.78, 5) is 16.0. The van der Waals surface area contributed by atoms with Crippen molar-refractivity contribution in [3.63, 3.8) is 0 Å². The third-order valence-corrected chi connectivity index (χ3v) is 2.77. The van der Waals surface area contributed by atoms with Gasteiger partial charge in [0.1, 0.15) is 17.7 Å². The minimum Gasteiger partial charge on any atom is -0.490 e. The summed E-state index contributed by atoms with van der Waals surface area (Å²) in [7, 11) is 0. The highest BCUT2D eigenvalue weighted by Crippen LogP contribution is 2.19. The summed E-state index contributed by atoms with van der Waals surface area (Å²) in [6.07, 6.45) is 2.18. The van der Waals surface area contributed by atoms with E-state index in [9.17, 15) is 4.79 Å². The first-order chi connectivity index (χ1) is 8.15. The Morgan fingerprint density at radius 3 is 2.82 bits per heavy atom. The van der Waals surface area contributed by atoms with Gasteiger partial charge in [0.05, 0.1) is 0 Å². The van der Waals surface area contributed by atoms with Gasteiger partial charge >= 0.3 is 6.09 Å². The van der Waals surface area contributed by atoms with Gasteiger partial charge in [-0.3, -0.25) is 0 Å². The predicted octanol–water partition coefficient (Wildman–Crippen LogP) is 1.19. The molecule has 0 radical (unpaired) electrons. The summed E-state index contributed by atoms with van der Waals surface area (Å²) in [5, 5.41) is 8.81. The van der Waals surface area contributed by atoms with E-state index in [1.807, 2.05) is 0 Å². The zero-order chi connectivity index (χ0) is 12.3. The lowest BCUT2D eigenvalue weighted by molar-refractivity contribution is 0.0895. The molecular weight excluding hydrogens is 222 g/mol. The number of amides is 1. The molecule has 6 heteroatoms. The molecule has 0 aromatic carbocycles. The van der Waals surface area contributed by atoms with Gasteiger partial charge in [-0.2, -0.15) is 0 Å². The Bertz CT molecular complexity index is 403. The van der Waals surface area contributed by atoms with Crippen LogP contribution in [0.2, 0.25) is 0 Å². The molecule has 1 aliphatic heterocycles. The first kappa shape index (κ1) is 11.5. The van der Waals surface area contributed by atoms with E-state index in [2.05, 4.69) is 4.98 Å². The van der Waals surface area contributed by atoms with Crippen molar-refractivity contribution in [3.8, 4) is 5.75 Å². The molecule has 1 aromatic heterocycles. The summed E-state index contributed by atoms with van der Waals surface area (Å²) < 4.78 is 5.72. The quantitative estimate of drug-likeness (QED) is 0.806. The van der Waals surface area contributed by atoms with Crippen molar-refractivity contribution in [2.24, 2.45) is 0 Å². The van der Waals surface area contributed by atoms with E-state index >= 15 is 0 Å². The number of nitrogen functional groups attached to an aromatic ring is 1. The number of likely N-dealkylation sites (tertiary alicyclic amines) is 1. The van der Waals surface area contributed by atoms with Gasteiger partial charge in [-0.25, -0.2) is 9.78 Å². The summed E-state index contributed by atoms with van der Waals surface area (Å²) in [5.74, 6) is 1.11. The van der Waals surface area contributed by atoms with Gasteiger partial charge in [-0.15, -0.1) is 0 Å². The summed E-state index contributed by atoms with van der Waals surface area (Å²) >= 11 is 0. The molecule has 1 saturated heterocycles. The van der Waals surface area contributed by atoms with Crippen LogP contribution in [-0.2, 0) is 0 Å². The molecule has 1 aliphatic rings. The second-order valence-corrected chi connectivity index (χ2v) is 4.00. The zero-order valence-electron chi connectivity index (χ0n) is 9.37.